The van der Waals surface area contributed by atoms with Crippen molar-refractivity contribution in [2.45, 2.75) is 12.5 Å². The van der Waals surface area contributed by atoms with E-state index in [-0.39, 0.29) is 11.9 Å². The first-order valence-corrected chi connectivity index (χ1v) is 7.31. The molecule has 5 heteroatoms. The molecule has 0 saturated carbocycles. The van der Waals surface area contributed by atoms with Crippen molar-refractivity contribution < 1.29 is 9.53 Å². The number of carbonyl (C=O) groups excluding carboxylic acids is 1. The van der Waals surface area contributed by atoms with Crippen LogP contribution in [-0.4, -0.2) is 20.1 Å². The molecular formula is C15H16N2O2S. The maximum atomic E-state index is 11.4. The van der Waals surface area contributed by atoms with E-state index in [4.69, 9.17) is 4.74 Å². The molecule has 4 nitrogen and oxygen atoms in total. The highest BCUT2D eigenvalue weighted by atomic mass is 32.1. The summed E-state index contributed by atoms with van der Waals surface area (Å²) in [5.74, 6) is 0.944. The second kappa shape index (κ2) is 5.26. The summed E-state index contributed by atoms with van der Waals surface area (Å²) in [5, 5.41) is 8.18. The Hall–Kier alpha value is -1.85. The lowest BCUT2D eigenvalue weighted by Gasteiger charge is -2.16. The van der Waals surface area contributed by atoms with Crippen LogP contribution >= 0.6 is 11.3 Å². The molecule has 1 aliphatic rings. The standard InChI is InChI=1S/C15H16N2O2S/c1-16-15(13-7-11(19-2)8-20-13)9-3-4-12-10(5-9)6-14(18)17-12/h3-5,7-8,15-16H,6H2,1-2H3,(H,17,18). The second-order valence-corrected chi connectivity index (χ2v) is 5.69. The van der Waals surface area contributed by atoms with Gasteiger partial charge in [0.25, 0.3) is 0 Å². The lowest BCUT2D eigenvalue weighted by Crippen LogP contribution is -2.16. The molecule has 1 aliphatic heterocycles. The maximum Gasteiger partial charge on any atom is 0.228 e. The fourth-order valence-electron chi connectivity index (χ4n) is 2.49. The number of hydrogen-bond acceptors (Lipinski definition) is 4. The molecule has 0 bridgehead atoms. The van der Waals surface area contributed by atoms with Gasteiger partial charge in [0.1, 0.15) is 5.75 Å². The Bertz CT molecular complexity index is 651. The molecule has 0 aliphatic carbocycles. The summed E-state index contributed by atoms with van der Waals surface area (Å²) in [6.07, 6.45) is 0.466. The molecule has 0 fully saturated rings. The highest BCUT2D eigenvalue weighted by molar-refractivity contribution is 7.10. The molecule has 1 aromatic carbocycles. The number of hydrogen-bond donors (Lipinski definition) is 2. The zero-order valence-corrected chi connectivity index (χ0v) is 12.2. The van der Waals surface area contributed by atoms with Gasteiger partial charge >= 0.3 is 0 Å². The molecule has 20 heavy (non-hydrogen) atoms. The Balaban J connectivity index is 1.94. The summed E-state index contributed by atoms with van der Waals surface area (Å²) in [7, 11) is 3.61. The van der Waals surface area contributed by atoms with Gasteiger partial charge in [0.05, 0.1) is 19.6 Å². The average Bonchev–Trinajstić information content (AvgIpc) is 3.04. The van der Waals surface area contributed by atoms with Crippen LogP contribution in [0, 0.1) is 0 Å². The van der Waals surface area contributed by atoms with Crippen LogP contribution < -0.4 is 15.4 Å². The third-order valence-corrected chi connectivity index (χ3v) is 4.47. The molecule has 0 spiro atoms. The van der Waals surface area contributed by atoms with Crippen LogP contribution in [-0.2, 0) is 11.2 Å². The summed E-state index contributed by atoms with van der Waals surface area (Å²) >= 11 is 1.67. The number of amides is 1. The first kappa shape index (κ1) is 13.1. The molecule has 0 saturated heterocycles. The maximum absolute atomic E-state index is 11.4. The van der Waals surface area contributed by atoms with Gasteiger partial charge in [0.15, 0.2) is 0 Å². The normalized spacial score (nSPS) is 14.8. The highest BCUT2D eigenvalue weighted by Gasteiger charge is 2.21. The molecule has 1 atom stereocenters. The van der Waals surface area contributed by atoms with E-state index in [2.05, 4.69) is 22.8 Å². The van der Waals surface area contributed by atoms with Crippen molar-refractivity contribution in [3.8, 4) is 5.75 Å². The van der Waals surface area contributed by atoms with Crippen LogP contribution in [0.2, 0.25) is 0 Å². The third-order valence-electron chi connectivity index (χ3n) is 3.49. The summed E-state index contributed by atoms with van der Waals surface area (Å²) < 4.78 is 5.24. The number of benzene rings is 1. The van der Waals surface area contributed by atoms with Gasteiger partial charge in [-0.1, -0.05) is 12.1 Å². The van der Waals surface area contributed by atoms with Crippen molar-refractivity contribution in [2.24, 2.45) is 0 Å². The molecule has 104 valence electrons. The minimum Gasteiger partial charge on any atom is -0.496 e. The molecule has 1 aromatic heterocycles. The van der Waals surface area contributed by atoms with E-state index in [0.717, 1.165) is 22.6 Å². The number of ether oxygens (including phenoxy) is 1. The quantitative estimate of drug-likeness (QED) is 0.909. The molecule has 1 amide bonds. The van der Waals surface area contributed by atoms with Crippen LogP contribution in [0.25, 0.3) is 0 Å². The molecule has 2 N–H and O–H groups in total. The molecule has 2 aromatic rings. The largest absolute Gasteiger partial charge is 0.496 e. The van der Waals surface area contributed by atoms with Gasteiger partial charge in [-0.25, -0.2) is 0 Å². The number of methoxy groups -OCH3 is 1. The van der Waals surface area contributed by atoms with E-state index in [1.54, 1.807) is 18.4 Å². The van der Waals surface area contributed by atoms with Gasteiger partial charge in [0.2, 0.25) is 5.91 Å². The minimum absolute atomic E-state index is 0.0657. The van der Waals surface area contributed by atoms with E-state index in [0.29, 0.717) is 6.42 Å². The number of fused-ring (bicyclic) bond motifs is 1. The fraction of sp³-hybridized carbons (Fsp3) is 0.267. The van der Waals surface area contributed by atoms with Crippen molar-refractivity contribution in [1.82, 2.24) is 5.32 Å². The van der Waals surface area contributed by atoms with Gasteiger partial charge in [-0.05, 0) is 30.3 Å². The fourth-order valence-corrected chi connectivity index (χ4v) is 3.49. The van der Waals surface area contributed by atoms with Crippen LogP contribution in [0.4, 0.5) is 5.69 Å². The lowest BCUT2D eigenvalue weighted by molar-refractivity contribution is -0.115. The zero-order chi connectivity index (χ0) is 14.1. The monoisotopic (exact) mass is 288 g/mol. The van der Waals surface area contributed by atoms with E-state index < -0.39 is 0 Å². The smallest absolute Gasteiger partial charge is 0.228 e. The second-order valence-electron chi connectivity index (χ2n) is 4.75. The minimum atomic E-state index is 0.0657. The van der Waals surface area contributed by atoms with E-state index in [9.17, 15) is 4.79 Å². The molecular weight excluding hydrogens is 272 g/mol. The summed E-state index contributed by atoms with van der Waals surface area (Å²) in [6, 6.07) is 8.29. The van der Waals surface area contributed by atoms with Crippen molar-refractivity contribution in [1.29, 1.82) is 0 Å². The topological polar surface area (TPSA) is 50.4 Å². The molecule has 3 rings (SSSR count). The number of carbonyl (C=O) groups is 1. The summed E-state index contributed by atoms with van der Waals surface area (Å²) in [4.78, 5) is 12.6. The third kappa shape index (κ3) is 2.30. The Kier molecular flexibility index (Phi) is 3.46. The lowest BCUT2D eigenvalue weighted by atomic mass is 10.0. The SMILES string of the molecule is CNC(c1ccc2c(c1)CC(=O)N2)c1cc(OC)cs1. The van der Waals surface area contributed by atoms with Gasteiger partial charge < -0.3 is 15.4 Å². The molecule has 2 heterocycles. The predicted octanol–water partition coefficient (Wildman–Crippen LogP) is 2.56. The van der Waals surface area contributed by atoms with Crippen LogP contribution in [0.1, 0.15) is 22.0 Å². The molecule has 1 unspecified atom stereocenters. The van der Waals surface area contributed by atoms with Gasteiger partial charge in [-0.15, -0.1) is 11.3 Å². The van der Waals surface area contributed by atoms with E-state index in [1.165, 1.54) is 4.88 Å². The average molecular weight is 288 g/mol. The van der Waals surface area contributed by atoms with Crippen LogP contribution in [0.5, 0.6) is 5.75 Å². The summed E-state index contributed by atoms with van der Waals surface area (Å²) in [5.41, 5.74) is 3.15. The zero-order valence-electron chi connectivity index (χ0n) is 11.4. The Labute approximate surface area is 121 Å². The van der Waals surface area contributed by atoms with Crippen molar-refractivity contribution in [3.63, 3.8) is 0 Å². The first-order chi connectivity index (χ1) is 9.71. The Morgan fingerprint density at radius 2 is 2.25 bits per heavy atom. The number of thiophene rings is 1. The highest BCUT2D eigenvalue weighted by Crippen LogP contribution is 2.33. The Morgan fingerprint density at radius 3 is 2.95 bits per heavy atom. The van der Waals surface area contributed by atoms with Crippen molar-refractivity contribution >= 4 is 22.9 Å². The number of nitrogens with one attached hydrogen (secondary N) is 2. The summed E-state index contributed by atoms with van der Waals surface area (Å²) in [6.45, 7) is 0. The van der Waals surface area contributed by atoms with Crippen molar-refractivity contribution in [3.05, 3.63) is 45.6 Å². The Morgan fingerprint density at radius 1 is 1.40 bits per heavy atom. The van der Waals surface area contributed by atoms with Crippen LogP contribution in [0.3, 0.4) is 0 Å². The van der Waals surface area contributed by atoms with Gasteiger partial charge in [0, 0.05) is 15.9 Å². The number of rotatable bonds is 4. The van der Waals surface area contributed by atoms with E-state index in [1.807, 2.05) is 24.6 Å². The molecule has 0 radical (unpaired) electrons. The number of anilines is 1. The first-order valence-electron chi connectivity index (χ1n) is 6.43. The van der Waals surface area contributed by atoms with Crippen molar-refractivity contribution in [2.75, 3.05) is 19.5 Å². The predicted molar refractivity (Wildman–Crippen MR) is 80.5 cm³/mol. The van der Waals surface area contributed by atoms with Crippen LogP contribution in [0.15, 0.2) is 29.6 Å². The van der Waals surface area contributed by atoms with Gasteiger partial charge in [-0.2, -0.15) is 0 Å². The van der Waals surface area contributed by atoms with E-state index >= 15 is 0 Å². The van der Waals surface area contributed by atoms with Gasteiger partial charge in [-0.3, -0.25) is 4.79 Å².